The topological polar surface area (TPSA) is 67.4 Å². The Balaban J connectivity index is 1.53. The summed E-state index contributed by atoms with van der Waals surface area (Å²) >= 11 is 0. The second-order valence-electron chi connectivity index (χ2n) is 7.40. The minimum Gasteiger partial charge on any atom is -0.481 e. The van der Waals surface area contributed by atoms with Gasteiger partial charge in [-0.3, -0.25) is 9.59 Å². The maximum absolute atomic E-state index is 12.4. The Kier molecular flexibility index (Phi) is 6.69. The van der Waals surface area contributed by atoms with Gasteiger partial charge in [0.25, 0.3) is 11.8 Å². The monoisotopic (exact) mass is 380 g/mol. The largest absolute Gasteiger partial charge is 0.481 e. The minimum absolute atomic E-state index is 0.0520. The Morgan fingerprint density at radius 2 is 1.68 bits per heavy atom. The number of carbonyl (C=O) groups is 2. The predicted molar refractivity (Wildman–Crippen MR) is 111 cm³/mol. The van der Waals surface area contributed by atoms with E-state index in [1.54, 1.807) is 31.2 Å². The highest BCUT2D eigenvalue weighted by molar-refractivity contribution is 5.95. The first-order chi connectivity index (χ1) is 13.5. The normalized spacial score (nSPS) is 15.5. The maximum atomic E-state index is 12.4. The van der Waals surface area contributed by atoms with E-state index in [2.05, 4.69) is 10.6 Å². The van der Waals surface area contributed by atoms with Crippen molar-refractivity contribution in [2.24, 2.45) is 0 Å². The highest BCUT2D eigenvalue weighted by Crippen LogP contribution is 2.19. The first kappa shape index (κ1) is 19.9. The zero-order valence-corrected chi connectivity index (χ0v) is 16.5. The van der Waals surface area contributed by atoms with Crippen LogP contribution in [0.15, 0.2) is 48.5 Å². The molecule has 0 aromatic heterocycles. The summed E-state index contributed by atoms with van der Waals surface area (Å²) in [7, 11) is 0. The molecule has 0 radical (unpaired) electrons. The number of ether oxygens (including phenoxy) is 1. The van der Waals surface area contributed by atoms with Gasteiger partial charge in [0.1, 0.15) is 5.75 Å². The second-order valence-corrected chi connectivity index (χ2v) is 7.40. The fourth-order valence-electron chi connectivity index (χ4n) is 3.41. The number of hydrogen-bond donors (Lipinski definition) is 2. The van der Waals surface area contributed by atoms with Crippen molar-refractivity contribution >= 4 is 17.5 Å². The third-order valence-electron chi connectivity index (χ3n) is 5.14. The summed E-state index contributed by atoms with van der Waals surface area (Å²) < 4.78 is 5.73. The predicted octanol–water partition coefficient (Wildman–Crippen LogP) is 4.46. The number of hydrogen-bond acceptors (Lipinski definition) is 3. The molecule has 5 nitrogen and oxygen atoms in total. The van der Waals surface area contributed by atoms with Crippen LogP contribution in [0.3, 0.4) is 0 Å². The van der Waals surface area contributed by atoms with Gasteiger partial charge < -0.3 is 15.4 Å². The van der Waals surface area contributed by atoms with Gasteiger partial charge in [0.05, 0.1) is 0 Å². The van der Waals surface area contributed by atoms with E-state index in [1.165, 1.54) is 19.3 Å². The summed E-state index contributed by atoms with van der Waals surface area (Å²) in [6.45, 7) is 3.65. The van der Waals surface area contributed by atoms with Crippen molar-refractivity contribution in [1.29, 1.82) is 0 Å². The molecule has 3 rings (SSSR count). The van der Waals surface area contributed by atoms with Crippen molar-refractivity contribution in [2.75, 3.05) is 5.32 Å². The van der Waals surface area contributed by atoms with Crippen molar-refractivity contribution in [2.45, 2.75) is 58.1 Å². The molecule has 2 amide bonds. The third-order valence-corrected chi connectivity index (χ3v) is 5.14. The van der Waals surface area contributed by atoms with Gasteiger partial charge in [-0.05, 0) is 62.6 Å². The molecule has 1 fully saturated rings. The standard InChI is InChI=1S/C23H28N2O3/c1-16-8-6-7-11-21(16)25-22(26)17(2)28-20-14-12-18(13-15-20)23(27)24-19-9-4-3-5-10-19/h6-8,11-15,17,19H,3-5,9-10H2,1-2H3,(H,24,27)(H,25,26). The number of carbonyl (C=O) groups excluding carboxylic acids is 2. The van der Waals surface area contributed by atoms with Gasteiger partial charge in [-0.1, -0.05) is 37.5 Å². The lowest BCUT2D eigenvalue weighted by atomic mass is 9.95. The Labute approximate surface area is 166 Å². The van der Waals surface area contributed by atoms with E-state index in [-0.39, 0.29) is 17.9 Å². The van der Waals surface area contributed by atoms with Gasteiger partial charge >= 0.3 is 0 Å². The third kappa shape index (κ3) is 5.35. The Morgan fingerprint density at radius 1 is 1.00 bits per heavy atom. The molecule has 1 aliphatic rings. The summed E-state index contributed by atoms with van der Waals surface area (Å²) in [4.78, 5) is 24.7. The minimum atomic E-state index is -0.651. The van der Waals surface area contributed by atoms with Gasteiger partial charge in [0, 0.05) is 17.3 Å². The summed E-state index contributed by atoms with van der Waals surface area (Å²) in [5.74, 6) is 0.291. The molecule has 0 aliphatic heterocycles. The highest BCUT2D eigenvalue weighted by atomic mass is 16.5. The molecule has 0 heterocycles. The molecule has 2 aromatic carbocycles. The van der Waals surface area contributed by atoms with Crippen LogP contribution in [0.2, 0.25) is 0 Å². The number of benzene rings is 2. The molecule has 1 aliphatic carbocycles. The smallest absolute Gasteiger partial charge is 0.265 e. The molecule has 5 heteroatoms. The van der Waals surface area contributed by atoms with Gasteiger partial charge in [-0.2, -0.15) is 0 Å². The van der Waals surface area contributed by atoms with E-state index < -0.39 is 6.10 Å². The average Bonchev–Trinajstić information content (AvgIpc) is 2.71. The molecular weight excluding hydrogens is 352 g/mol. The SMILES string of the molecule is Cc1ccccc1NC(=O)C(C)Oc1ccc(C(=O)NC2CCCCC2)cc1. The van der Waals surface area contributed by atoms with Crippen LogP contribution < -0.4 is 15.4 Å². The first-order valence-corrected chi connectivity index (χ1v) is 9.97. The molecule has 0 spiro atoms. The number of amides is 2. The van der Waals surface area contributed by atoms with Crippen LogP contribution in [0, 0.1) is 6.92 Å². The lowest BCUT2D eigenvalue weighted by Gasteiger charge is -2.22. The van der Waals surface area contributed by atoms with Gasteiger partial charge in [-0.25, -0.2) is 0 Å². The summed E-state index contributed by atoms with van der Waals surface area (Å²) in [5.41, 5.74) is 2.38. The number of nitrogens with one attached hydrogen (secondary N) is 2. The van der Waals surface area contributed by atoms with E-state index in [9.17, 15) is 9.59 Å². The maximum Gasteiger partial charge on any atom is 0.265 e. The number of para-hydroxylation sites is 1. The van der Waals surface area contributed by atoms with Crippen LogP contribution in [0.4, 0.5) is 5.69 Å². The summed E-state index contributed by atoms with van der Waals surface area (Å²) in [6.07, 6.45) is 5.08. The van der Waals surface area contributed by atoms with Crippen LogP contribution in [0.25, 0.3) is 0 Å². The van der Waals surface area contributed by atoms with Crippen molar-refractivity contribution in [1.82, 2.24) is 5.32 Å². The number of rotatable bonds is 6. The molecule has 2 N–H and O–H groups in total. The average molecular weight is 380 g/mol. The van der Waals surface area contributed by atoms with Crippen LogP contribution >= 0.6 is 0 Å². The molecule has 0 saturated heterocycles. The summed E-state index contributed by atoms with van der Waals surface area (Å²) in [5, 5.41) is 5.98. The molecule has 1 unspecified atom stereocenters. The van der Waals surface area contributed by atoms with Gasteiger partial charge in [0.15, 0.2) is 6.10 Å². The lowest BCUT2D eigenvalue weighted by molar-refractivity contribution is -0.122. The van der Waals surface area contributed by atoms with Gasteiger partial charge in [-0.15, -0.1) is 0 Å². The molecule has 2 aromatic rings. The van der Waals surface area contributed by atoms with Crippen molar-refractivity contribution in [3.63, 3.8) is 0 Å². The van der Waals surface area contributed by atoms with E-state index in [1.807, 2.05) is 31.2 Å². The van der Waals surface area contributed by atoms with Crippen molar-refractivity contribution < 1.29 is 14.3 Å². The fraction of sp³-hybridized carbons (Fsp3) is 0.391. The Hall–Kier alpha value is -2.82. The number of anilines is 1. The zero-order valence-electron chi connectivity index (χ0n) is 16.5. The van der Waals surface area contributed by atoms with E-state index in [0.29, 0.717) is 11.3 Å². The Bertz CT molecular complexity index is 811. The molecule has 0 bridgehead atoms. The van der Waals surface area contributed by atoms with E-state index in [4.69, 9.17) is 4.74 Å². The first-order valence-electron chi connectivity index (χ1n) is 9.97. The Morgan fingerprint density at radius 3 is 2.36 bits per heavy atom. The molecular formula is C23H28N2O3. The van der Waals surface area contributed by atoms with Gasteiger partial charge in [0.2, 0.25) is 0 Å². The van der Waals surface area contributed by atoms with Crippen LogP contribution in [0.1, 0.15) is 54.9 Å². The fourth-order valence-corrected chi connectivity index (χ4v) is 3.41. The van der Waals surface area contributed by atoms with Crippen LogP contribution in [-0.4, -0.2) is 24.0 Å². The van der Waals surface area contributed by atoms with E-state index >= 15 is 0 Å². The summed E-state index contributed by atoms with van der Waals surface area (Å²) in [6, 6.07) is 14.8. The molecule has 1 atom stereocenters. The molecule has 28 heavy (non-hydrogen) atoms. The van der Waals surface area contributed by atoms with Crippen molar-refractivity contribution in [3.8, 4) is 5.75 Å². The molecule has 1 saturated carbocycles. The van der Waals surface area contributed by atoms with Crippen LogP contribution in [0.5, 0.6) is 5.75 Å². The zero-order chi connectivity index (χ0) is 19.9. The lowest BCUT2D eigenvalue weighted by Crippen LogP contribution is -2.36. The second kappa shape index (κ2) is 9.40. The van der Waals surface area contributed by atoms with Crippen LogP contribution in [-0.2, 0) is 4.79 Å². The highest BCUT2D eigenvalue weighted by Gasteiger charge is 2.18. The quantitative estimate of drug-likeness (QED) is 0.777. The number of aryl methyl sites for hydroxylation is 1. The van der Waals surface area contributed by atoms with E-state index in [0.717, 1.165) is 24.1 Å². The van der Waals surface area contributed by atoms with Crippen molar-refractivity contribution in [3.05, 3.63) is 59.7 Å². The molecule has 148 valence electrons.